The van der Waals surface area contributed by atoms with Crippen molar-refractivity contribution in [1.82, 2.24) is 0 Å². The van der Waals surface area contributed by atoms with Crippen LogP contribution < -0.4 is 0 Å². The summed E-state index contributed by atoms with van der Waals surface area (Å²) in [5.74, 6) is 1.15. The van der Waals surface area contributed by atoms with Gasteiger partial charge in [-0.05, 0) is 130 Å². The molecule has 198 valence electrons. The molecule has 4 aliphatic rings. The first kappa shape index (κ1) is 26.9. The Labute approximate surface area is 208 Å². The van der Waals surface area contributed by atoms with E-state index in [9.17, 15) is 20.4 Å². The number of aliphatic hydroxyl groups is 4. The molecular formula is C30H54O4. The Hall–Kier alpha value is -0.160. The summed E-state index contributed by atoms with van der Waals surface area (Å²) in [5, 5.41) is 44.5. The number of rotatable bonds is 5. The molecule has 0 bridgehead atoms. The first-order valence-electron chi connectivity index (χ1n) is 14.2. The first-order valence-corrected chi connectivity index (χ1v) is 14.2. The van der Waals surface area contributed by atoms with E-state index in [2.05, 4.69) is 34.6 Å². The summed E-state index contributed by atoms with van der Waals surface area (Å²) in [6.07, 6.45) is 8.62. The highest BCUT2D eigenvalue weighted by atomic mass is 16.3. The van der Waals surface area contributed by atoms with Crippen LogP contribution >= 0.6 is 0 Å². The molecule has 0 saturated heterocycles. The van der Waals surface area contributed by atoms with E-state index in [0.717, 1.165) is 51.4 Å². The number of aliphatic hydroxyl groups excluding tert-OH is 2. The van der Waals surface area contributed by atoms with Crippen LogP contribution in [-0.4, -0.2) is 43.8 Å². The normalized spacial score (nSPS) is 50.1. The quantitative estimate of drug-likeness (QED) is 0.409. The van der Waals surface area contributed by atoms with Gasteiger partial charge in [0.25, 0.3) is 0 Å². The topological polar surface area (TPSA) is 80.9 Å². The van der Waals surface area contributed by atoms with Crippen LogP contribution in [0.3, 0.4) is 0 Å². The van der Waals surface area contributed by atoms with Crippen LogP contribution in [0.5, 0.6) is 0 Å². The summed E-state index contributed by atoms with van der Waals surface area (Å²) in [5.41, 5.74) is -1.33. The lowest BCUT2D eigenvalue weighted by Gasteiger charge is -2.70. The van der Waals surface area contributed by atoms with Crippen molar-refractivity contribution in [2.45, 2.75) is 143 Å². The fourth-order valence-corrected chi connectivity index (χ4v) is 10.5. The molecule has 0 unspecified atom stereocenters. The SMILES string of the molecule is CC(C)(O)CCC[C@@](C)(O)[C@H]1CC[C@]2(C)[C@@H]1[C@H](O)C[C@@H]1[C@@]3(C)CC[C@H](O)C(C)(C)[C@@H]3CC[C@]12C. The smallest absolute Gasteiger partial charge is 0.0651 e. The molecule has 4 N–H and O–H groups in total. The number of hydrogen-bond acceptors (Lipinski definition) is 4. The van der Waals surface area contributed by atoms with Crippen LogP contribution in [-0.2, 0) is 0 Å². The molecule has 4 aliphatic carbocycles. The average molecular weight is 479 g/mol. The second-order valence-corrected chi connectivity index (χ2v) is 15.4. The summed E-state index contributed by atoms with van der Waals surface area (Å²) in [6, 6.07) is 0. The molecule has 0 radical (unpaired) electrons. The van der Waals surface area contributed by atoms with E-state index in [1.165, 1.54) is 0 Å². The second kappa shape index (κ2) is 8.17. The molecule has 0 aromatic heterocycles. The average Bonchev–Trinajstić information content (AvgIpc) is 3.07. The third kappa shape index (κ3) is 3.84. The van der Waals surface area contributed by atoms with Gasteiger partial charge in [0, 0.05) is 0 Å². The van der Waals surface area contributed by atoms with Gasteiger partial charge in [-0.1, -0.05) is 34.6 Å². The molecule has 4 fully saturated rings. The van der Waals surface area contributed by atoms with Gasteiger partial charge >= 0.3 is 0 Å². The Kier molecular flexibility index (Phi) is 6.46. The second-order valence-electron chi connectivity index (χ2n) is 15.4. The molecule has 0 aromatic rings. The van der Waals surface area contributed by atoms with E-state index < -0.39 is 11.2 Å². The lowest BCUT2D eigenvalue weighted by atomic mass is 9.35. The summed E-state index contributed by atoms with van der Waals surface area (Å²) in [6.45, 7) is 17.6. The highest BCUT2D eigenvalue weighted by Gasteiger charge is 2.71. The van der Waals surface area contributed by atoms with Crippen LogP contribution in [0.15, 0.2) is 0 Å². The minimum Gasteiger partial charge on any atom is -0.393 e. The van der Waals surface area contributed by atoms with Gasteiger partial charge in [-0.15, -0.1) is 0 Å². The molecule has 4 rings (SSSR count). The van der Waals surface area contributed by atoms with E-state index in [1.807, 2.05) is 20.8 Å². The van der Waals surface area contributed by atoms with Crippen LogP contribution in [0.25, 0.3) is 0 Å². The summed E-state index contributed by atoms with van der Waals surface area (Å²) >= 11 is 0. The van der Waals surface area contributed by atoms with E-state index >= 15 is 0 Å². The highest BCUT2D eigenvalue weighted by Crippen LogP contribution is 2.75. The van der Waals surface area contributed by atoms with Gasteiger partial charge in [-0.3, -0.25) is 0 Å². The molecule has 4 nitrogen and oxygen atoms in total. The minimum absolute atomic E-state index is 0.00836. The van der Waals surface area contributed by atoms with Gasteiger partial charge in [0.2, 0.25) is 0 Å². The number of hydrogen-bond donors (Lipinski definition) is 4. The number of fused-ring (bicyclic) bond motifs is 5. The minimum atomic E-state index is -0.824. The fourth-order valence-electron chi connectivity index (χ4n) is 10.5. The van der Waals surface area contributed by atoms with Gasteiger partial charge < -0.3 is 20.4 Å². The van der Waals surface area contributed by atoms with Gasteiger partial charge in [-0.2, -0.15) is 0 Å². The Morgan fingerprint density at radius 1 is 0.765 bits per heavy atom. The Bertz CT molecular complexity index is 768. The van der Waals surface area contributed by atoms with Crippen LogP contribution in [0.2, 0.25) is 0 Å². The molecule has 0 aliphatic heterocycles. The van der Waals surface area contributed by atoms with Crippen molar-refractivity contribution in [3.63, 3.8) is 0 Å². The molecule has 0 aromatic carbocycles. The summed E-state index contributed by atoms with van der Waals surface area (Å²) < 4.78 is 0. The molecule has 0 heterocycles. The zero-order valence-corrected chi connectivity index (χ0v) is 23.3. The molecule has 10 atom stereocenters. The standard InChI is InChI=1S/C30H54O4/c1-25(2,33)13-9-14-30(8,34)19-10-16-29(7)24(19)20(31)18-22-27(5)15-12-23(32)26(3,4)21(27)11-17-28(22,29)6/h19-24,31-34H,9-18H2,1-8H3/t19-,20+,21-,22+,23-,24-,27-,28+,29+,30+/m0/s1. The van der Waals surface area contributed by atoms with E-state index in [-0.39, 0.29) is 45.7 Å². The molecule has 34 heavy (non-hydrogen) atoms. The van der Waals surface area contributed by atoms with Crippen molar-refractivity contribution >= 4 is 0 Å². The predicted molar refractivity (Wildman–Crippen MR) is 137 cm³/mol. The highest BCUT2D eigenvalue weighted by molar-refractivity contribution is 5.19. The van der Waals surface area contributed by atoms with Crippen molar-refractivity contribution < 1.29 is 20.4 Å². The maximum atomic E-state index is 11.8. The predicted octanol–water partition coefficient (Wildman–Crippen LogP) is 5.70. The zero-order valence-electron chi connectivity index (χ0n) is 23.3. The van der Waals surface area contributed by atoms with Crippen molar-refractivity contribution in [3.8, 4) is 0 Å². The van der Waals surface area contributed by atoms with Gasteiger partial charge in [0.05, 0.1) is 23.4 Å². The Morgan fingerprint density at radius 3 is 2.00 bits per heavy atom. The first-order chi connectivity index (χ1) is 15.4. The molecule has 0 spiro atoms. The van der Waals surface area contributed by atoms with Crippen molar-refractivity contribution in [3.05, 3.63) is 0 Å². The van der Waals surface area contributed by atoms with Gasteiger partial charge in [0.1, 0.15) is 0 Å². The molecule has 4 saturated carbocycles. The molecular weight excluding hydrogens is 424 g/mol. The van der Waals surface area contributed by atoms with E-state index in [4.69, 9.17) is 0 Å². The van der Waals surface area contributed by atoms with E-state index in [1.54, 1.807) is 0 Å². The van der Waals surface area contributed by atoms with Gasteiger partial charge in [-0.25, -0.2) is 0 Å². The van der Waals surface area contributed by atoms with Crippen LogP contribution in [0.4, 0.5) is 0 Å². The van der Waals surface area contributed by atoms with Crippen LogP contribution in [0, 0.1) is 45.3 Å². The zero-order chi connectivity index (χ0) is 25.5. The van der Waals surface area contributed by atoms with E-state index in [0.29, 0.717) is 24.7 Å². The summed E-state index contributed by atoms with van der Waals surface area (Å²) in [7, 11) is 0. The largest absolute Gasteiger partial charge is 0.393 e. The fraction of sp³-hybridized carbons (Fsp3) is 1.00. The lowest BCUT2D eigenvalue weighted by Crippen LogP contribution is -2.66. The molecule has 4 heteroatoms. The van der Waals surface area contributed by atoms with Crippen molar-refractivity contribution in [1.29, 1.82) is 0 Å². The maximum absolute atomic E-state index is 11.8. The lowest BCUT2D eigenvalue weighted by molar-refractivity contribution is -0.246. The third-order valence-corrected chi connectivity index (χ3v) is 12.6. The van der Waals surface area contributed by atoms with Crippen molar-refractivity contribution in [2.75, 3.05) is 0 Å². The molecule has 0 amide bonds. The maximum Gasteiger partial charge on any atom is 0.0651 e. The van der Waals surface area contributed by atoms with Gasteiger partial charge in [0.15, 0.2) is 0 Å². The Morgan fingerprint density at radius 2 is 1.38 bits per heavy atom. The van der Waals surface area contributed by atoms with Crippen molar-refractivity contribution in [2.24, 2.45) is 45.3 Å². The summed E-state index contributed by atoms with van der Waals surface area (Å²) in [4.78, 5) is 0. The third-order valence-electron chi connectivity index (χ3n) is 12.6. The van der Waals surface area contributed by atoms with Crippen LogP contribution in [0.1, 0.15) is 120 Å². The Balaban J connectivity index is 1.62. The monoisotopic (exact) mass is 478 g/mol.